The van der Waals surface area contributed by atoms with Crippen LogP contribution in [0.5, 0.6) is 0 Å². The number of rotatable bonds is 4. The number of hydrogen-bond acceptors (Lipinski definition) is 2. The summed E-state index contributed by atoms with van der Waals surface area (Å²) in [6.45, 7) is 0. The molecule has 1 unspecified atom stereocenters. The highest BCUT2D eigenvalue weighted by molar-refractivity contribution is 14.1. The van der Waals surface area contributed by atoms with Crippen molar-refractivity contribution in [3.8, 4) is 0 Å². The van der Waals surface area contributed by atoms with Crippen molar-refractivity contribution < 1.29 is 4.79 Å². The van der Waals surface area contributed by atoms with Crippen molar-refractivity contribution in [2.45, 2.75) is 6.04 Å². The Morgan fingerprint density at radius 2 is 1.68 bits per heavy atom. The maximum absolute atomic E-state index is 11.6. The predicted molar refractivity (Wildman–Crippen MR) is 88.9 cm³/mol. The number of amides is 1. The first-order valence-corrected chi connectivity index (χ1v) is 7.50. The van der Waals surface area contributed by atoms with Crippen molar-refractivity contribution in [1.29, 1.82) is 0 Å². The Balaban J connectivity index is 2.23. The van der Waals surface area contributed by atoms with Crippen LogP contribution in [0.1, 0.15) is 11.6 Å². The van der Waals surface area contributed by atoms with Gasteiger partial charge in [0.15, 0.2) is 0 Å². The van der Waals surface area contributed by atoms with Gasteiger partial charge in [0, 0.05) is 13.7 Å². The van der Waals surface area contributed by atoms with Crippen LogP contribution >= 0.6 is 38.5 Å². The van der Waals surface area contributed by atoms with E-state index < -0.39 is 11.9 Å². The molecule has 0 fully saturated rings. The van der Waals surface area contributed by atoms with Gasteiger partial charge < -0.3 is 11.1 Å². The van der Waals surface area contributed by atoms with Gasteiger partial charge in [0.05, 0.1) is 0 Å². The normalized spacial score (nSPS) is 11.9. The van der Waals surface area contributed by atoms with Crippen LogP contribution in [-0.2, 0) is 4.79 Å². The number of anilines is 1. The Morgan fingerprint density at radius 1 is 1.11 bits per heavy atom. The monoisotopic (exact) mass is 430 g/mol. The average Bonchev–Trinajstić information content (AvgIpc) is 2.39. The number of nitrogens with two attached hydrogens (primary N) is 1. The van der Waals surface area contributed by atoms with Crippen LogP contribution in [0, 0.1) is 3.57 Å². The molecule has 0 saturated heterocycles. The zero-order valence-electron chi connectivity index (χ0n) is 9.94. The number of halogens is 2. The topological polar surface area (TPSA) is 55.1 Å². The molecule has 19 heavy (non-hydrogen) atoms. The summed E-state index contributed by atoms with van der Waals surface area (Å²) in [5.74, 6) is -0.399. The fourth-order valence-corrected chi connectivity index (χ4v) is 2.31. The second-order valence-corrected chi connectivity index (χ2v) is 6.20. The van der Waals surface area contributed by atoms with Gasteiger partial charge in [-0.3, -0.25) is 4.79 Å². The number of carbonyl (C=O) groups is 1. The van der Waals surface area contributed by atoms with Crippen molar-refractivity contribution in [2.24, 2.45) is 5.73 Å². The lowest BCUT2D eigenvalue weighted by atomic mass is 10.1. The third-order valence-corrected chi connectivity index (χ3v) is 3.89. The molecule has 1 amide bonds. The minimum atomic E-state index is -0.529. The highest BCUT2D eigenvalue weighted by Crippen LogP contribution is 2.22. The van der Waals surface area contributed by atoms with Gasteiger partial charge in [-0.25, -0.2) is 0 Å². The number of nitrogens with one attached hydrogen (secondary N) is 1. The Labute approximate surface area is 133 Å². The van der Waals surface area contributed by atoms with Crippen LogP contribution in [0.25, 0.3) is 0 Å². The molecule has 0 aliphatic rings. The molecule has 0 radical (unpaired) electrons. The molecule has 1 atom stereocenters. The van der Waals surface area contributed by atoms with Gasteiger partial charge in [0.2, 0.25) is 5.91 Å². The standard InChI is InChI=1S/C14H12BrIN2O/c15-10-3-7-12(8-4-10)18-13(14(17)19)9-1-5-11(16)6-2-9/h1-8,13,18H,(H2,17,19). The van der Waals surface area contributed by atoms with Gasteiger partial charge in [-0.1, -0.05) is 28.1 Å². The van der Waals surface area contributed by atoms with Gasteiger partial charge in [0.25, 0.3) is 0 Å². The fourth-order valence-electron chi connectivity index (χ4n) is 1.69. The Morgan fingerprint density at radius 3 is 2.21 bits per heavy atom. The SMILES string of the molecule is NC(=O)C(Nc1ccc(Br)cc1)c1ccc(I)cc1. The maximum atomic E-state index is 11.6. The summed E-state index contributed by atoms with van der Waals surface area (Å²) in [6.07, 6.45) is 0. The van der Waals surface area contributed by atoms with E-state index in [1.807, 2.05) is 48.5 Å². The van der Waals surface area contributed by atoms with E-state index in [4.69, 9.17) is 5.73 Å². The van der Waals surface area contributed by atoms with Gasteiger partial charge in [-0.15, -0.1) is 0 Å². The number of benzene rings is 2. The zero-order chi connectivity index (χ0) is 13.8. The van der Waals surface area contributed by atoms with Gasteiger partial charge in [0.1, 0.15) is 6.04 Å². The molecule has 98 valence electrons. The fraction of sp³-hybridized carbons (Fsp3) is 0.0714. The van der Waals surface area contributed by atoms with Gasteiger partial charge in [-0.2, -0.15) is 0 Å². The summed E-state index contributed by atoms with van der Waals surface area (Å²) < 4.78 is 2.11. The van der Waals surface area contributed by atoms with E-state index in [1.54, 1.807) is 0 Å². The van der Waals surface area contributed by atoms with E-state index in [-0.39, 0.29) is 0 Å². The van der Waals surface area contributed by atoms with Crippen LogP contribution in [0.3, 0.4) is 0 Å². The molecule has 2 aromatic rings. The molecule has 3 N–H and O–H groups in total. The minimum Gasteiger partial charge on any atom is -0.370 e. The molecule has 0 heterocycles. The smallest absolute Gasteiger partial charge is 0.244 e. The second kappa shape index (κ2) is 6.38. The minimum absolute atomic E-state index is 0.399. The van der Waals surface area contributed by atoms with E-state index in [9.17, 15) is 4.79 Å². The molecular formula is C14H12BrIN2O. The van der Waals surface area contributed by atoms with Crippen LogP contribution in [-0.4, -0.2) is 5.91 Å². The first kappa shape index (κ1) is 14.3. The summed E-state index contributed by atoms with van der Waals surface area (Å²) in [7, 11) is 0. The second-order valence-electron chi connectivity index (χ2n) is 4.04. The van der Waals surface area contributed by atoms with Crippen LogP contribution < -0.4 is 11.1 Å². The first-order valence-electron chi connectivity index (χ1n) is 5.63. The molecule has 0 bridgehead atoms. The predicted octanol–water partition coefficient (Wildman–Crippen LogP) is 3.69. The van der Waals surface area contributed by atoms with E-state index >= 15 is 0 Å². The third-order valence-electron chi connectivity index (χ3n) is 2.64. The summed E-state index contributed by atoms with van der Waals surface area (Å²) in [5.41, 5.74) is 7.18. The Hall–Kier alpha value is -1.08. The molecular weight excluding hydrogens is 419 g/mol. The summed E-state index contributed by atoms with van der Waals surface area (Å²) in [6, 6.07) is 14.8. The van der Waals surface area contributed by atoms with E-state index in [0.717, 1.165) is 19.3 Å². The summed E-state index contributed by atoms with van der Waals surface area (Å²) in [5, 5.41) is 3.14. The quantitative estimate of drug-likeness (QED) is 0.726. The molecule has 0 aliphatic heterocycles. The molecule has 0 spiro atoms. The molecule has 2 rings (SSSR count). The lowest BCUT2D eigenvalue weighted by Crippen LogP contribution is -2.27. The van der Waals surface area contributed by atoms with Gasteiger partial charge >= 0.3 is 0 Å². The molecule has 2 aromatic carbocycles. The van der Waals surface area contributed by atoms with Crippen molar-refractivity contribution in [1.82, 2.24) is 0 Å². The molecule has 5 heteroatoms. The lowest BCUT2D eigenvalue weighted by molar-refractivity contribution is -0.118. The number of primary amides is 1. The zero-order valence-corrected chi connectivity index (χ0v) is 13.7. The van der Waals surface area contributed by atoms with E-state index in [2.05, 4.69) is 43.8 Å². The summed E-state index contributed by atoms with van der Waals surface area (Å²) in [4.78, 5) is 11.6. The lowest BCUT2D eigenvalue weighted by Gasteiger charge is -2.17. The number of hydrogen-bond donors (Lipinski definition) is 2. The van der Waals surface area contributed by atoms with Crippen molar-refractivity contribution in [3.05, 3.63) is 62.1 Å². The Bertz CT molecular complexity index is 569. The van der Waals surface area contributed by atoms with Crippen molar-refractivity contribution in [3.63, 3.8) is 0 Å². The largest absolute Gasteiger partial charge is 0.370 e. The highest BCUT2D eigenvalue weighted by Gasteiger charge is 2.17. The molecule has 0 aliphatic carbocycles. The maximum Gasteiger partial charge on any atom is 0.244 e. The average molecular weight is 431 g/mol. The van der Waals surface area contributed by atoms with Crippen LogP contribution in [0.2, 0.25) is 0 Å². The first-order chi connectivity index (χ1) is 9.06. The summed E-state index contributed by atoms with van der Waals surface area (Å²) >= 11 is 5.60. The van der Waals surface area contributed by atoms with Crippen LogP contribution in [0.15, 0.2) is 53.0 Å². The van der Waals surface area contributed by atoms with E-state index in [1.165, 1.54) is 0 Å². The van der Waals surface area contributed by atoms with Gasteiger partial charge in [-0.05, 0) is 64.6 Å². The molecule has 0 saturated carbocycles. The molecule has 3 nitrogen and oxygen atoms in total. The Kier molecular flexibility index (Phi) is 4.81. The highest BCUT2D eigenvalue weighted by atomic mass is 127. The van der Waals surface area contributed by atoms with Crippen molar-refractivity contribution in [2.75, 3.05) is 5.32 Å². The van der Waals surface area contributed by atoms with Crippen LogP contribution in [0.4, 0.5) is 5.69 Å². The number of carbonyl (C=O) groups excluding carboxylic acids is 1. The molecule has 0 aromatic heterocycles. The van der Waals surface area contributed by atoms with E-state index in [0.29, 0.717) is 0 Å². The van der Waals surface area contributed by atoms with Crippen molar-refractivity contribution >= 4 is 50.1 Å². The third kappa shape index (κ3) is 3.94.